The summed E-state index contributed by atoms with van der Waals surface area (Å²) in [5.74, 6) is -0.875. The molecule has 0 saturated carbocycles. The van der Waals surface area contributed by atoms with Gasteiger partial charge < -0.3 is 14.2 Å². The average molecular weight is 1070 g/mol. The van der Waals surface area contributed by atoms with E-state index >= 15 is 0 Å². The van der Waals surface area contributed by atoms with Crippen LogP contribution in [0.15, 0.2) is 36.5 Å². The molecule has 0 aliphatic heterocycles. The van der Waals surface area contributed by atoms with Gasteiger partial charge in [0.25, 0.3) is 0 Å². The molecule has 446 valence electrons. The minimum atomic E-state index is -0.776. The maximum atomic E-state index is 12.8. The third-order valence-electron chi connectivity index (χ3n) is 15.3. The van der Waals surface area contributed by atoms with Crippen LogP contribution in [0.1, 0.15) is 374 Å². The zero-order valence-electron chi connectivity index (χ0n) is 51.3. The van der Waals surface area contributed by atoms with E-state index in [2.05, 4.69) is 57.2 Å². The van der Waals surface area contributed by atoms with Crippen molar-refractivity contribution in [3.8, 4) is 0 Å². The molecule has 0 radical (unpaired) electrons. The molecule has 6 heteroatoms. The zero-order chi connectivity index (χ0) is 55.0. The second kappa shape index (κ2) is 65.2. The van der Waals surface area contributed by atoms with E-state index in [4.69, 9.17) is 14.2 Å². The monoisotopic (exact) mass is 1070 g/mol. The first-order valence-corrected chi connectivity index (χ1v) is 34.0. The number of rotatable bonds is 63. The standard InChI is InChI=1S/C70H130O6/c1-4-7-10-13-16-19-22-24-25-26-27-28-29-30-31-32-33-34-35-36-37-38-39-40-41-42-43-44-45-46-49-51-54-57-60-63-69(72)75-66-67(65-74-68(71)62-59-56-53-50-47-21-18-15-12-9-6-3)76-70(73)64-61-58-55-52-48-23-20-17-14-11-8-5-2/h15,17-18,20,26-27,67H,4-14,16,19,21-25,28-66H2,1-3H3/b18-15-,20-17-,27-26-. The molecule has 0 heterocycles. The van der Waals surface area contributed by atoms with Crippen molar-refractivity contribution in [2.24, 2.45) is 0 Å². The topological polar surface area (TPSA) is 78.9 Å². The summed E-state index contributed by atoms with van der Waals surface area (Å²) in [4.78, 5) is 38.1. The summed E-state index contributed by atoms with van der Waals surface area (Å²) in [5, 5.41) is 0. The van der Waals surface area contributed by atoms with E-state index in [-0.39, 0.29) is 31.1 Å². The second-order valence-corrected chi connectivity index (χ2v) is 23.1. The van der Waals surface area contributed by atoms with Crippen molar-refractivity contribution >= 4 is 17.9 Å². The van der Waals surface area contributed by atoms with Crippen molar-refractivity contribution in [1.82, 2.24) is 0 Å². The highest BCUT2D eigenvalue weighted by Gasteiger charge is 2.19. The van der Waals surface area contributed by atoms with E-state index in [0.29, 0.717) is 19.3 Å². The third kappa shape index (κ3) is 62.5. The maximum Gasteiger partial charge on any atom is 0.306 e. The number of ether oxygens (including phenoxy) is 3. The molecule has 0 aliphatic rings. The molecule has 0 aliphatic carbocycles. The molecule has 76 heavy (non-hydrogen) atoms. The van der Waals surface area contributed by atoms with E-state index in [9.17, 15) is 14.4 Å². The van der Waals surface area contributed by atoms with Crippen LogP contribution in [0.4, 0.5) is 0 Å². The first-order valence-electron chi connectivity index (χ1n) is 34.0. The van der Waals surface area contributed by atoms with Gasteiger partial charge in [-0.2, -0.15) is 0 Å². The van der Waals surface area contributed by atoms with Crippen molar-refractivity contribution < 1.29 is 28.6 Å². The molecule has 0 amide bonds. The van der Waals surface area contributed by atoms with Crippen molar-refractivity contribution in [2.75, 3.05) is 13.2 Å². The summed E-state index contributed by atoms with van der Waals surface area (Å²) >= 11 is 0. The number of hydrogen-bond acceptors (Lipinski definition) is 6. The van der Waals surface area contributed by atoms with Gasteiger partial charge >= 0.3 is 17.9 Å². The molecule has 0 N–H and O–H groups in total. The summed E-state index contributed by atoms with van der Waals surface area (Å²) in [5.41, 5.74) is 0. The minimum Gasteiger partial charge on any atom is -0.462 e. The Kier molecular flexibility index (Phi) is 63.1. The fourth-order valence-electron chi connectivity index (χ4n) is 10.2. The summed E-state index contributed by atoms with van der Waals surface area (Å²) in [6.07, 6.45) is 80.6. The third-order valence-corrected chi connectivity index (χ3v) is 15.3. The van der Waals surface area contributed by atoms with Crippen LogP contribution in [0.2, 0.25) is 0 Å². The normalized spacial score (nSPS) is 12.2. The summed E-state index contributed by atoms with van der Waals surface area (Å²) < 4.78 is 16.9. The molecular weight excluding hydrogens is 937 g/mol. The van der Waals surface area contributed by atoms with Gasteiger partial charge in [0.15, 0.2) is 6.10 Å². The summed E-state index contributed by atoms with van der Waals surface area (Å²) in [6, 6.07) is 0. The van der Waals surface area contributed by atoms with E-state index < -0.39 is 6.10 Å². The van der Waals surface area contributed by atoms with Crippen molar-refractivity contribution in [1.29, 1.82) is 0 Å². The maximum absolute atomic E-state index is 12.8. The summed E-state index contributed by atoms with van der Waals surface area (Å²) in [6.45, 7) is 6.61. The van der Waals surface area contributed by atoms with Gasteiger partial charge in [0.2, 0.25) is 0 Å². The van der Waals surface area contributed by atoms with E-state index in [1.54, 1.807) is 0 Å². The number of hydrogen-bond donors (Lipinski definition) is 0. The molecule has 6 nitrogen and oxygen atoms in total. The smallest absolute Gasteiger partial charge is 0.306 e. The SMILES string of the molecule is CCCC/C=C\CCCCCCCC(=O)OCC(COC(=O)CCCCCCCCCCCCCCCCCCCCCCCCC/C=C\CCCCCCCCCC)OC(=O)CCCCCCC/C=C\CCCCC. The first-order chi connectivity index (χ1) is 37.5. The Bertz CT molecular complexity index is 1270. The Morgan fingerprint density at radius 2 is 0.447 bits per heavy atom. The molecule has 0 fully saturated rings. The molecule has 0 aromatic heterocycles. The predicted molar refractivity (Wildman–Crippen MR) is 330 cm³/mol. The van der Waals surface area contributed by atoms with Gasteiger partial charge in [-0.05, 0) is 89.9 Å². The first kappa shape index (κ1) is 73.6. The van der Waals surface area contributed by atoms with Crippen LogP contribution in [-0.4, -0.2) is 37.2 Å². The predicted octanol–water partition coefficient (Wildman–Crippen LogP) is 23.2. The Hall–Kier alpha value is -2.37. The summed E-state index contributed by atoms with van der Waals surface area (Å²) in [7, 11) is 0. The number of esters is 3. The molecule has 0 aromatic rings. The van der Waals surface area contributed by atoms with Gasteiger partial charge in [-0.25, -0.2) is 0 Å². The Labute approximate surface area is 474 Å². The van der Waals surface area contributed by atoms with Crippen molar-refractivity contribution in [3.05, 3.63) is 36.5 Å². The van der Waals surface area contributed by atoms with E-state index in [1.165, 1.54) is 263 Å². The van der Waals surface area contributed by atoms with Crippen molar-refractivity contribution in [2.45, 2.75) is 380 Å². The highest BCUT2D eigenvalue weighted by Crippen LogP contribution is 2.18. The Morgan fingerprint density at radius 3 is 0.724 bits per heavy atom. The molecule has 0 aromatic carbocycles. The van der Waals surface area contributed by atoms with Crippen LogP contribution < -0.4 is 0 Å². The fraction of sp³-hybridized carbons (Fsp3) is 0.871. The van der Waals surface area contributed by atoms with Crippen LogP contribution >= 0.6 is 0 Å². The van der Waals surface area contributed by atoms with Gasteiger partial charge in [-0.3, -0.25) is 14.4 Å². The average Bonchev–Trinajstić information content (AvgIpc) is 3.42. The van der Waals surface area contributed by atoms with Gasteiger partial charge in [0.1, 0.15) is 13.2 Å². The minimum absolute atomic E-state index is 0.0742. The molecular formula is C70H130O6. The zero-order valence-corrected chi connectivity index (χ0v) is 51.3. The van der Waals surface area contributed by atoms with Crippen LogP contribution in [0, 0.1) is 0 Å². The van der Waals surface area contributed by atoms with Gasteiger partial charge in [0.05, 0.1) is 0 Å². The lowest BCUT2D eigenvalue weighted by atomic mass is 10.0. The van der Waals surface area contributed by atoms with Crippen LogP contribution in [0.25, 0.3) is 0 Å². The Balaban J connectivity index is 3.96. The van der Waals surface area contributed by atoms with Crippen molar-refractivity contribution in [3.63, 3.8) is 0 Å². The highest BCUT2D eigenvalue weighted by atomic mass is 16.6. The van der Waals surface area contributed by atoms with Crippen LogP contribution in [0.5, 0.6) is 0 Å². The van der Waals surface area contributed by atoms with Gasteiger partial charge in [0, 0.05) is 19.3 Å². The van der Waals surface area contributed by atoms with E-state index in [1.807, 2.05) is 0 Å². The molecule has 0 bridgehead atoms. The lowest BCUT2D eigenvalue weighted by molar-refractivity contribution is -0.167. The fourth-order valence-corrected chi connectivity index (χ4v) is 10.2. The molecule has 1 atom stereocenters. The molecule has 1 unspecified atom stereocenters. The Morgan fingerprint density at radius 1 is 0.250 bits per heavy atom. The molecule has 0 rings (SSSR count). The number of carbonyl (C=O) groups excluding carboxylic acids is 3. The number of carbonyl (C=O) groups is 3. The number of unbranched alkanes of at least 4 members (excludes halogenated alkanes) is 46. The highest BCUT2D eigenvalue weighted by molar-refractivity contribution is 5.71. The molecule has 0 saturated heterocycles. The number of allylic oxidation sites excluding steroid dienone is 6. The quantitative estimate of drug-likeness (QED) is 0.0261. The van der Waals surface area contributed by atoms with E-state index in [0.717, 1.165) is 70.6 Å². The van der Waals surface area contributed by atoms with Gasteiger partial charge in [-0.15, -0.1) is 0 Å². The largest absolute Gasteiger partial charge is 0.462 e. The lowest BCUT2D eigenvalue weighted by Crippen LogP contribution is -2.30. The molecule has 0 spiro atoms. The lowest BCUT2D eigenvalue weighted by Gasteiger charge is -2.18. The van der Waals surface area contributed by atoms with Crippen LogP contribution in [-0.2, 0) is 28.6 Å². The van der Waals surface area contributed by atoms with Crippen LogP contribution in [0.3, 0.4) is 0 Å². The van der Waals surface area contributed by atoms with Gasteiger partial charge in [-0.1, -0.05) is 301 Å². The second-order valence-electron chi connectivity index (χ2n) is 23.1.